The number of rotatable bonds is 4. The molecule has 30 heavy (non-hydrogen) atoms. The van der Waals surface area contributed by atoms with Crippen molar-refractivity contribution < 1.29 is 13.7 Å². The predicted octanol–water partition coefficient (Wildman–Crippen LogP) is 5.14. The number of ether oxygens (including phenoxy) is 1. The summed E-state index contributed by atoms with van der Waals surface area (Å²) in [5.74, 6) is 3.85. The Kier molecular flexibility index (Phi) is 4.47. The van der Waals surface area contributed by atoms with Gasteiger partial charge < -0.3 is 9.15 Å². The normalized spacial score (nSPS) is 33.3. The molecule has 4 nitrogen and oxygen atoms in total. The quantitative estimate of drug-likeness (QED) is 0.658. The zero-order valence-electron chi connectivity index (χ0n) is 18.2. The van der Waals surface area contributed by atoms with Crippen molar-refractivity contribution in [1.29, 1.82) is 0 Å². The first-order chi connectivity index (χ1) is 14.6. The molecule has 160 valence electrons. The molecule has 0 radical (unpaired) electrons. The van der Waals surface area contributed by atoms with Crippen molar-refractivity contribution in [2.45, 2.75) is 82.6 Å². The van der Waals surface area contributed by atoms with E-state index < -0.39 is 0 Å². The molecule has 1 aromatic heterocycles. The van der Waals surface area contributed by atoms with Crippen molar-refractivity contribution in [3.63, 3.8) is 0 Å². The average Bonchev–Trinajstić information content (AvgIpc) is 2.73. The number of aromatic nitrogens is 1. The Hall–Kier alpha value is -1.84. The van der Waals surface area contributed by atoms with Crippen molar-refractivity contribution >= 4 is 11.0 Å². The summed E-state index contributed by atoms with van der Waals surface area (Å²) in [5, 5.41) is 1.02. The van der Waals surface area contributed by atoms with Gasteiger partial charge in [-0.2, -0.15) is 4.79 Å². The van der Waals surface area contributed by atoms with E-state index in [1.165, 1.54) is 76.2 Å². The lowest BCUT2D eigenvalue weighted by molar-refractivity contribution is -0.726. The van der Waals surface area contributed by atoms with Crippen LogP contribution in [0.2, 0.25) is 0 Å². The van der Waals surface area contributed by atoms with E-state index >= 15 is 0 Å². The van der Waals surface area contributed by atoms with Crippen molar-refractivity contribution in [3.8, 4) is 5.75 Å². The third-order valence-electron chi connectivity index (χ3n) is 8.83. The van der Waals surface area contributed by atoms with Crippen LogP contribution in [-0.4, -0.2) is 7.11 Å². The van der Waals surface area contributed by atoms with Crippen LogP contribution in [0.4, 0.5) is 0 Å². The Morgan fingerprint density at radius 3 is 2.33 bits per heavy atom. The summed E-state index contributed by atoms with van der Waals surface area (Å²) >= 11 is 0. The minimum Gasteiger partial charge on any atom is -0.497 e. The molecule has 0 unspecified atom stereocenters. The lowest BCUT2D eigenvalue weighted by atomic mass is 9.48. The van der Waals surface area contributed by atoms with E-state index in [1.807, 2.05) is 10.8 Å². The van der Waals surface area contributed by atoms with Gasteiger partial charge in [-0.05, 0) is 86.7 Å². The van der Waals surface area contributed by atoms with Crippen LogP contribution in [0, 0.1) is 23.7 Å². The first-order valence-electron chi connectivity index (χ1n) is 12.2. The van der Waals surface area contributed by atoms with Gasteiger partial charge in [0.15, 0.2) is 18.3 Å². The standard InChI is InChI=1S/C26H34NO3/c1-29-22-10-21-16-27(15-17-5-3-2-4-6-17)25(28)30-24(21)23(11-22)26-12-18-7-19(13-26)9-20(8-18)14-26/h10-11,16-20H,2-9,12-15H2,1H3/q+1. The molecule has 0 saturated heterocycles. The number of hydrogen-bond donors (Lipinski definition) is 0. The molecule has 0 N–H and O–H groups in total. The first-order valence-corrected chi connectivity index (χ1v) is 12.2. The van der Waals surface area contributed by atoms with Gasteiger partial charge >= 0.3 is 5.76 Å². The van der Waals surface area contributed by atoms with Gasteiger partial charge in [-0.25, -0.2) is 0 Å². The second kappa shape index (κ2) is 7.10. The molecule has 5 saturated carbocycles. The highest BCUT2D eigenvalue weighted by Gasteiger charge is 2.52. The van der Waals surface area contributed by atoms with E-state index in [0.717, 1.165) is 41.0 Å². The Labute approximate surface area is 178 Å². The molecule has 5 aliphatic carbocycles. The molecule has 0 spiro atoms. The molecule has 5 aliphatic rings. The molecule has 1 heterocycles. The molecule has 0 atom stereocenters. The second-order valence-corrected chi connectivity index (χ2v) is 10.9. The number of hydrogen-bond acceptors (Lipinski definition) is 3. The smallest absolute Gasteiger partial charge is 0.497 e. The Bertz CT molecular complexity index is 982. The average molecular weight is 409 g/mol. The van der Waals surface area contributed by atoms with Gasteiger partial charge in [0.05, 0.1) is 12.5 Å². The highest BCUT2D eigenvalue weighted by molar-refractivity contribution is 5.81. The van der Waals surface area contributed by atoms with Crippen LogP contribution >= 0.6 is 0 Å². The topological polar surface area (TPSA) is 43.3 Å². The molecule has 2 aromatic rings. The third-order valence-corrected chi connectivity index (χ3v) is 8.83. The van der Waals surface area contributed by atoms with Crippen LogP contribution < -0.4 is 15.1 Å². The summed E-state index contributed by atoms with van der Waals surface area (Å²) in [6, 6.07) is 4.24. The fourth-order valence-corrected chi connectivity index (χ4v) is 7.93. The Balaban J connectivity index is 1.45. The fraction of sp³-hybridized carbons (Fsp3) is 0.692. The van der Waals surface area contributed by atoms with Crippen molar-refractivity contribution in [2.75, 3.05) is 7.11 Å². The maximum atomic E-state index is 13.0. The summed E-state index contributed by atoms with van der Waals surface area (Å²) in [5.41, 5.74) is 2.24. The van der Waals surface area contributed by atoms with Gasteiger partial charge in [-0.1, -0.05) is 19.3 Å². The number of nitrogens with zero attached hydrogens (tertiary/aromatic N) is 1. The van der Waals surface area contributed by atoms with Crippen molar-refractivity contribution in [3.05, 3.63) is 34.4 Å². The molecule has 4 heteroatoms. The Morgan fingerprint density at radius 1 is 1.03 bits per heavy atom. The highest BCUT2D eigenvalue weighted by atomic mass is 16.5. The molecule has 0 aliphatic heterocycles. The third kappa shape index (κ3) is 3.09. The van der Waals surface area contributed by atoms with E-state index in [4.69, 9.17) is 9.15 Å². The largest absolute Gasteiger partial charge is 0.602 e. The molecule has 5 fully saturated rings. The van der Waals surface area contributed by atoms with E-state index in [-0.39, 0.29) is 11.2 Å². The van der Waals surface area contributed by atoms with Crippen LogP contribution in [0.15, 0.2) is 27.5 Å². The molecular formula is C26H34NO3+. The van der Waals surface area contributed by atoms with Gasteiger partial charge in [0.2, 0.25) is 0 Å². The first kappa shape index (κ1) is 18.9. The fourth-order valence-electron chi connectivity index (χ4n) is 7.93. The lowest BCUT2D eigenvalue weighted by Crippen LogP contribution is -2.52. The van der Waals surface area contributed by atoms with E-state index in [1.54, 1.807) is 7.11 Å². The minimum atomic E-state index is -0.191. The maximum absolute atomic E-state index is 13.0. The van der Waals surface area contributed by atoms with E-state index in [9.17, 15) is 4.79 Å². The highest BCUT2D eigenvalue weighted by Crippen LogP contribution is 2.61. The van der Waals surface area contributed by atoms with Gasteiger partial charge in [0.1, 0.15) is 5.75 Å². The molecular weight excluding hydrogens is 374 g/mol. The van der Waals surface area contributed by atoms with Crippen LogP contribution in [-0.2, 0) is 12.0 Å². The number of methoxy groups -OCH3 is 1. The molecule has 0 amide bonds. The van der Waals surface area contributed by atoms with Crippen molar-refractivity contribution in [2.24, 2.45) is 23.7 Å². The SMILES string of the molecule is COc1cc(C23CC4CC(CC(C4)C2)C3)c2oc(=O)[n+](CC3CCCCC3)cc2c1. The van der Waals surface area contributed by atoms with E-state index in [0.29, 0.717) is 5.92 Å². The summed E-state index contributed by atoms with van der Waals surface area (Å²) in [7, 11) is 1.75. The Morgan fingerprint density at radius 2 is 1.70 bits per heavy atom. The van der Waals surface area contributed by atoms with Crippen LogP contribution in [0.1, 0.15) is 76.2 Å². The summed E-state index contributed by atoms with van der Waals surface area (Å²) in [6.45, 7) is 0.780. The second-order valence-electron chi connectivity index (χ2n) is 10.9. The summed E-state index contributed by atoms with van der Waals surface area (Å²) in [6.07, 6.45) is 16.4. The van der Waals surface area contributed by atoms with Gasteiger partial charge in [0, 0.05) is 11.5 Å². The number of fused-ring (bicyclic) bond motifs is 1. The van der Waals surface area contributed by atoms with Crippen LogP contribution in [0.3, 0.4) is 0 Å². The zero-order chi connectivity index (χ0) is 20.3. The molecule has 1 aromatic carbocycles. The van der Waals surface area contributed by atoms with Gasteiger partial charge in [-0.15, -0.1) is 4.57 Å². The summed E-state index contributed by atoms with van der Waals surface area (Å²) < 4.78 is 13.6. The minimum absolute atomic E-state index is 0.174. The van der Waals surface area contributed by atoms with E-state index in [2.05, 4.69) is 12.1 Å². The number of benzene rings is 1. The maximum Gasteiger partial charge on any atom is 0.602 e. The lowest BCUT2D eigenvalue weighted by Gasteiger charge is -2.57. The predicted molar refractivity (Wildman–Crippen MR) is 116 cm³/mol. The molecule has 4 bridgehead atoms. The van der Waals surface area contributed by atoms with Gasteiger partial charge in [0.25, 0.3) is 0 Å². The zero-order valence-corrected chi connectivity index (χ0v) is 18.2. The van der Waals surface area contributed by atoms with Crippen LogP contribution in [0.25, 0.3) is 11.0 Å². The van der Waals surface area contributed by atoms with Crippen molar-refractivity contribution in [1.82, 2.24) is 0 Å². The molecule has 7 rings (SSSR count). The monoisotopic (exact) mass is 408 g/mol. The van der Waals surface area contributed by atoms with Gasteiger partial charge in [-0.3, -0.25) is 0 Å². The summed E-state index contributed by atoms with van der Waals surface area (Å²) in [4.78, 5) is 13.0. The van der Waals surface area contributed by atoms with Crippen LogP contribution in [0.5, 0.6) is 5.75 Å².